The van der Waals surface area contributed by atoms with Crippen LogP contribution in [0.1, 0.15) is 21.6 Å². The zero-order valence-corrected chi connectivity index (χ0v) is 15.3. The van der Waals surface area contributed by atoms with Crippen molar-refractivity contribution in [2.24, 2.45) is 0 Å². The number of carbonyl (C=O) groups excluding carboxylic acids is 1. The van der Waals surface area contributed by atoms with Crippen LogP contribution >= 0.6 is 0 Å². The van der Waals surface area contributed by atoms with Crippen LogP contribution in [0.15, 0.2) is 48.7 Å². The fourth-order valence-corrected chi connectivity index (χ4v) is 2.86. The highest BCUT2D eigenvalue weighted by atomic mass is 19.1. The molecule has 6 nitrogen and oxygen atoms in total. The van der Waals surface area contributed by atoms with E-state index in [0.29, 0.717) is 29.2 Å². The molecule has 0 saturated carbocycles. The molecule has 0 unspecified atom stereocenters. The van der Waals surface area contributed by atoms with E-state index in [0.717, 1.165) is 5.56 Å². The average Bonchev–Trinajstić information content (AvgIpc) is 3.04. The molecule has 7 heteroatoms. The molecule has 3 rings (SSSR count). The van der Waals surface area contributed by atoms with E-state index < -0.39 is 5.82 Å². The standard InChI is InChI=1S/C20H20FN3O3/c1-13-15(11-22-24(13)17-7-5-4-6-16(17)21)20(26)23(2)12-14-8-9-18(25)19(10-14)27-3/h4-11,25H,12H2,1-3H3. The Bertz CT molecular complexity index is 984. The Kier molecular flexibility index (Phi) is 5.12. The zero-order chi connectivity index (χ0) is 19.6. The minimum atomic E-state index is -0.410. The second kappa shape index (κ2) is 7.49. The molecular weight excluding hydrogens is 349 g/mol. The Morgan fingerprint density at radius 2 is 2.04 bits per heavy atom. The van der Waals surface area contributed by atoms with E-state index >= 15 is 0 Å². The Labute approximate surface area is 156 Å². The minimum absolute atomic E-state index is 0.0391. The van der Waals surface area contributed by atoms with Crippen LogP contribution in [0.5, 0.6) is 11.5 Å². The number of para-hydroxylation sites is 1. The van der Waals surface area contributed by atoms with Crippen LogP contribution < -0.4 is 4.74 Å². The molecule has 0 radical (unpaired) electrons. The fraction of sp³-hybridized carbons (Fsp3) is 0.200. The molecule has 0 aliphatic rings. The van der Waals surface area contributed by atoms with Gasteiger partial charge in [0.05, 0.1) is 24.6 Å². The highest BCUT2D eigenvalue weighted by Gasteiger charge is 2.20. The molecular formula is C20H20FN3O3. The van der Waals surface area contributed by atoms with E-state index in [9.17, 15) is 14.3 Å². The largest absolute Gasteiger partial charge is 0.504 e. The van der Waals surface area contributed by atoms with Gasteiger partial charge in [0.1, 0.15) is 11.5 Å². The van der Waals surface area contributed by atoms with Crippen LogP contribution in [0.2, 0.25) is 0 Å². The van der Waals surface area contributed by atoms with Crippen LogP contribution in [0.3, 0.4) is 0 Å². The molecule has 1 aromatic heterocycles. The van der Waals surface area contributed by atoms with Crippen molar-refractivity contribution in [2.45, 2.75) is 13.5 Å². The number of phenolic OH excluding ortho intramolecular Hbond substituents is 1. The third-order valence-electron chi connectivity index (χ3n) is 4.33. The van der Waals surface area contributed by atoms with Crippen molar-refractivity contribution in [1.29, 1.82) is 0 Å². The Balaban J connectivity index is 1.83. The van der Waals surface area contributed by atoms with Crippen molar-refractivity contribution in [3.8, 4) is 17.2 Å². The minimum Gasteiger partial charge on any atom is -0.504 e. The van der Waals surface area contributed by atoms with E-state index in [2.05, 4.69) is 5.10 Å². The number of hydrogen-bond donors (Lipinski definition) is 1. The Morgan fingerprint density at radius 1 is 1.30 bits per heavy atom. The summed E-state index contributed by atoms with van der Waals surface area (Å²) in [6.45, 7) is 2.05. The number of hydrogen-bond acceptors (Lipinski definition) is 4. The Morgan fingerprint density at radius 3 is 2.74 bits per heavy atom. The molecule has 2 aromatic carbocycles. The molecule has 140 valence electrons. The van der Waals surface area contributed by atoms with Gasteiger partial charge in [-0.05, 0) is 36.8 Å². The normalized spacial score (nSPS) is 10.7. The van der Waals surface area contributed by atoms with E-state index in [1.807, 2.05) is 0 Å². The van der Waals surface area contributed by atoms with Crippen molar-refractivity contribution in [2.75, 3.05) is 14.2 Å². The maximum absolute atomic E-state index is 14.0. The number of benzene rings is 2. The summed E-state index contributed by atoms with van der Waals surface area (Å²) in [6.07, 6.45) is 1.44. The second-order valence-electron chi connectivity index (χ2n) is 6.17. The molecule has 0 aliphatic heterocycles. The molecule has 1 N–H and O–H groups in total. The lowest BCUT2D eigenvalue weighted by Gasteiger charge is -2.18. The maximum atomic E-state index is 14.0. The van der Waals surface area contributed by atoms with Crippen LogP contribution in [0.25, 0.3) is 5.69 Å². The van der Waals surface area contributed by atoms with Gasteiger partial charge in [-0.1, -0.05) is 18.2 Å². The van der Waals surface area contributed by atoms with Crippen molar-refractivity contribution in [3.05, 3.63) is 71.3 Å². The quantitative estimate of drug-likeness (QED) is 0.749. The lowest BCUT2D eigenvalue weighted by Crippen LogP contribution is -2.26. The molecule has 0 bridgehead atoms. The summed E-state index contributed by atoms with van der Waals surface area (Å²) >= 11 is 0. The predicted molar refractivity (Wildman–Crippen MR) is 98.7 cm³/mol. The topological polar surface area (TPSA) is 67.6 Å². The van der Waals surface area contributed by atoms with Gasteiger partial charge >= 0.3 is 0 Å². The summed E-state index contributed by atoms with van der Waals surface area (Å²) in [5, 5.41) is 13.9. The summed E-state index contributed by atoms with van der Waals surface area (Å²) in [6, 6.07) is 11.2. The number of amides is 1. The van der Waals surface area contributed by atoms with E-state index in [1.165, 1.54) is 35.0 Å². The molecule has 0 spiro atoms. The van der Waals surface area contributed by atoms with Gasteiger partial charge in [-0.15, -0.1) is 0 Å². The maximum Gasteiger partial charge on any atom is 0.257 e. The number of rotatable bonds is 5. The number of phenols is 1. The molecule has 1 heterocycles. The first-order chi connectivity index (χ1) is 12.9. The lowest BCUT2D eigenvalue weighted by atomic mass is 10.1. The first kappa shape index (κ1) is 18.4. The van der Waals surface area contributed by atoms with E-state index in [4.69, 9.17) is 4.74 Å². The van der Waals surface area contributed by atoms with E-state index in [1.54, 1.807) is 44.3 Å². The number of aromatic nitrogens is 2. The molecule has 0 aliphatic carbocycles. The average molecular weight is 369 g/mol. The van der Waals surface area contributed by atoms with Gasteiger partial charge in [-0.2, -0.15) is 5.10 Å². The van der Waals surface area contributed by atoms with Crippen LogP contribution in [-0.2, 0) is 6.54 Å². The van der Waals surface area contributed by atoms with Gasteiger partial charge in [0.2, 0.25) is 0 Å². The first-order valence-corrected chi connectivity index (χ1v) is 8.33. The number of methoxy groups -OCH3 is 1. The monoisotopic (exact) mass is 369 g/mol. The Hall–Kier alpha value is -3.35. The summed E-state index contributed by atoms with van der Waals surface area (Å²) in [5.41, 5.74) is 2.05. The third kappa shape index (κ3) is 3.62. The van der Waals surface area contributed by atoms with Crippen molar-refractivity contribution >= 4 is 5.91 Å². The van der Waals surface area contributed by atoms with Gasteiger partial charge in [0.25, 0.3) is 5.91 Å². The number of nitrogens with zero attached hydrogens (tertiary/aromatic N) is 3. The van der Waals surface area contributed by atoms with Gasteiger partial charge in [0.15, 0.2) is 11.5 Å². The number of halogens is 1. The summed E-state index contributed by atoms with van der Waals surface area (Å²) < 4.78 is 20.5. The summed E-state index contributed by atoms with van der Waals surface area (Å²) in [4.78, 5) is 14.3. The van der Waals surface area contributed by atoms with Gasteiger partial charge in [-0.3, -0.25) is 4.79 Å². The van der Waals surface area contributed by atoms with Gasteiger partial charge < -0.3 is 14.7 Å². The number of aromatic hydroxyl groups is 1. The number of carbonyl (C=O) groups is 1. The van der Waals surface area contributed by atoms with Crippen LogP contribution in [0, 0.1) is 12.7 Å². The van der Waals surface area contributed by atoms with Crippen LogP contribution in [0.4, 0.5) is 4.39 Å². The molecule has 0 fully saturated rings. The van der Waals surface area contributed by atoms with E-state index in [-0.39, 0.29) is 11.7 Å². The second-order valence-corrected chi connectivity index (χ2v) is 6.17. The smallest absolute Gasteiger partial charge is 0.257 e. The van der Waals surface area contributed by atoms with Crippen molar-refractivity contribution in [3.63, 3.8) is 0 Å². The fourth-order valence-electron chi connectivity index (χ4n) is 2.86. The summed E-state index contributed by atoms with van der Waals surface area (Å²) in [5.74, 6) is -0.261. The third-order valence-corrected chi connectivity index (χ3v) is 4.33. The van der Waals surface area contributed by atoms with Crippen LogP contribution in [-0.4, -0.2) is 39.9 Å². The van der Waals surface area contributed by atoms with Crippen molar-refractivity contribution in [1.82, 2.24) is 14.7 Å². The first-order valence-electron chi connectivity index (χ1n) is 8.33. The zero-order valence-electron chi connectivity index (χ0n) is 15.3. The van der Waals surface area contributed by atoms with Gasteiger partial charge in [-0.25, -0.2) is 9.07 Å². The predicted octanol–water partition coefficient (Wildman–Crippen LogP) is 3.31. The number of ether oxygens (including phenoxy) is 1. The molecule has 0 atom stereocenters. The van der Waals surface area contributed by atoms with Gasteiger partial charge in [0, 0.05) is 13.6 Å². The SMILES string of the molecule is COc1cc(CN(C)C(=O)c2cnn(-c3ccccc3F)c2C)ccc1O. The lowest BCUT2D eigenvalue weighted by molar-refractivity contribution is 0.0784. The highest BCUT2D eigenvalue weighted by Crippen LogP contribution is 2.27. The molecule has 27 heavy (non-hydrogen) atoms. The van der Waals surface area contributed by atoms with Crippen molar-refractivity contribution < 1.29 is 19.0 Å². The molecule has 0 saturated heterocycles. The summed E-state index contributed by atoms with van der Waals surface area (Å²) in [7, 11) is 3.13. The highest BCUT2D eigenvalue weighted by molar-refractivity contribution is 5.95. The molecule has 3 aromatic rings. The molecule has 1 amide bonds.